The first-order chi connectivity index (χ1) is 9.16. The minimum Gasteiger partial charge on any atom is -0.481 e. The van der Waals surface area contributed by atoms with Gasteiger partial charge in [-0.25, -0.2) is 0 Å². The van der Waals surface area contributed by atoms with E-state index in [0.29, 0.717) is 0 Å². The molecule has 0 radical (unpaired) electrons. The highest BCUT2D eigenvalue weighted by atomic mass is 16.4. The van der Waals surface area contributed by atoms with E-state index in [1.807, 2.05) is 12.2 Å². The van der Waals surface area contributed by atoms with Gasteiger partial charge in [0.15, 0.2) is 0 Å². The molecule has 3 aliphatic carbocycles. The Morgan fingerprint density at radius 2 is 1.63 bits per heavy atom. The summed E-state index contributed by atoms with van der Waals surface area (Å²) in [6.07, 6.45) is 10.5. The first-order valence-corrected chi connectivity index (χ1v) is 7.38. The third-order valence-electron chi connectivity index (χ3n) is 5.00. The molecule has 2 fully saturated rings. The highest BCUT2D eigenvalue weighted by Crippen LogP contribution is 2.48. The zero-order valence-corrected chi connectivity index (χ0v) is 11.0. The average molecular weight is 263 g/mol. The molecule has 0 aliphatic heterocycles. The predicted molar refractivity (Wildman–Crippen MR) is 70.4 cm³/mol. The molecule has 0 heterocycles. The van der Waals surface area contributed by atoms with Crippen molar-refractivity contribution in [2.24, 2.45) is 23.7 Å². The normalized spacial score (nSPS) is 37.5. The molecule has 3 aliphatic rings. The third-order valence-corrected chi connectivity index (χ3v) is 5.00. The Morgan fingerprint density at radius 1 is 1.00 bits per heavy atom. The first kappa shape index (κ1) is 12.7. The van der Waals surface area contributed by atoms with E-state index in [1.165, 1.54) is 19.3 Å². The van der Waals surface area contributed by atoms with E-state index >= 15 is 0 Å². The summed E-state index contributed by atoms with van der Waals surface area (Å²) in [6, 6.07) is 0.263. The summed E-state index contributed by atoms with van der Waals surface area (Å²) < 4.78 is 0. The van der Waals surface area contributed by atoms with E-state index in [0.717, 1.165) is 19.3 Å². The number of allylic oxidation sites excluding steroid dienone is 2. The zero-order valence-electron chi connectivity index (χ0n) is 11.0. The second-order valence-corrected chi connectivity index (χ2v) is 6.18. The van der Waals surface area contributed by atoms with Gasteiger partial charge < -0.3 is 10.4 Å². The number of fused-ring (bicyclic) bond motifs is 2. The standard InChI is InChI=1S/C15H21NO3/c17-14(16-11-4-2-1-3-5-11)12-9-6-7-10(8-9)13(12)15(18)19/h6-7,9-13H,1-5,8H2,(H,16,17)(H,18,19)/t9-,10+,12+,13+/m1/s1. The molecule has 0 spiro atoms. The van der Waals surface area contributed by atoms with Gasteiger partial charge in [0.1, 0.15) is 0 Å². The van der Waals surface area contributed by atoms with Gasteiger partial charge in [0.05, 0.1) is 11.8 Å². The molecule has 0 unspecified atom stereocenters. The van der Waals surface area contributed by atoms with Gasteiger partial charge in [0.2, 0.25) is 5.91 Å². The van der Waals surface area contributed by atoms with Crippen molar-refractivity contribution in [1.29, 1.82) is 0 Å². The average Bonchev–Trinajstić information content (AvgIpc) is 2.99. The summed E-state index contributed by atoms with van der Waals surface area (Å²) in [5.74, 6) is -1.52. The van der Waals surface area contributed by atoms with Crippen molar-refractivity contribution in [2.75, 3.05) is 0 Å². The van der Waals surface area contributed by atoms with Crippen molar-refractivity contribution in [2.45, 2.75) is 44.6 Å². The van der Waals surface area contributed by atoms with Crippen LogP contribution >= 0.6 is 0 Å². The van der Waals surface area contributed by atoms with Crippen molar-refractivity contribution < 1.29 is 14.7 Å². The largest absolute Gasteiger partial charge is 0.481 e. The van der Waals surface area contributed by atoms with Crippen LogP contribution < -0.4 is 5.32 Å². The predicted octanol–water partition coefficient (Wildman–Crippen LogP) is 1.96. The van der Waals surface area contributed by atoms with Crippen LogP contribution in [-0.2, 0) is 9.59 Å². The maximum Gasteiger partial charge on any atom is 0.307 e. The Labute approximate surface area is 113 Å². The summed E-state index contributed by atoms with van der Waals surface area (Å²) in [6.45, 7) is 0. The lowest BCUT2D eigenvalue weighted by atomic mass is 9.82. The van der Waals surface area contributed by atoms with E-state index in [-0.39, 0.29) is 29.7 Å². The lowest BCUT2D eigenvalue weighted by Gasteiger charge is -2.28. The summed E-state index contributed by atoms with van der Waals surface area (Å²) in [4.78, 5) is 23.8. The number of carbonyl (C=O) groups is 2. The minimum atomic E-state index is -0.819. The minimum absolute atomic E-state index is 0.0313. The molecule has 2 bridgehead atoms. The van der Waals surface area contributed by atoms with Crippen molar-refractivity contribution in [3.63, 3.8) is 0 Å². The number of nitrogens with one attached hydrogen (secondary N) is 1. The molecule has 3 rings (SSSR count). The molecule has 2 N–H and O–H groups in total. The van der Waals surface area contributed by atoms with Crippen molar-refractivity contribution in [3.8, 4) is 0 Å². The maximum atomic E-state index is 12.4. The Morgan fingerprint density at radius 3 is 2.26 bits per heavy atom. The molecule has 2 saturated carbocycles. The molecule has 0 saturated heterocycles. The quantitative estimate of drug-likeness (QED) is 0.765. The second kappa shape index (κ2) is 4.99. The van der Waals surface area contributed by atoms with Crippen LogP contribution in [0.1, 0.15) is 38.5 Å². The molecule has 0 aromatic heterocycles. The maximum absolute atomic E-state index is 12.4. The number of aliphatic carboxylic acids is 1. The van der Waals surface area contributed by atoms with Crippen LogP contribution in [0.25, 0.3) is 0 Å². The molecule has 4 atom stereocenters. The number of carboxylic acid groups (broad SMARTS) is 1. The molecular formula is C15H21NO3. The zero-order chi connectivity index (χ0) is 13.4. The summed E-state index contributed by atoms with van der Waals surface area (Å²) in [5.41, 5.74) is 0. The molecule has 4 nitrogen and oxygen atoms in total. The summed E-state index contributed by atoms with van der Waals surface area (Å²) in [7, 11) is 0. The van der Waals surface area contributed by atoms with Gasteiger partial charge in [-0.1, -0.05) is 31.4 Å². The Bertz CT molecular complexity index is 412. The van der Waals surface area contributed by atoms with Crippen molar-refractivity contribution >= 4 is 11.9 Å². The van der Waals surface area contributed by atoms with E-state index in [4.69, 9.17) is 0 Å². The number of carboxylic acids is 1. The highest BCUT2D eigenvalue weighted by molar-refractivity contribution is 5.87. The first-order valence-electron chi connectivity index (χ1n) is 7.38. The van der Waals surface area contributed by atoms with E-state index in [2.05, 4.69) is 5.32 Å². The second-order valence-electron chi connectivity index (χ2n) is 6.18. The van der Waals surface area contributed by atoms with Crippen LogP contribution in [0.3, 0.4) is 0 Å². The van der Waals surface area contributed by atoms with Gasteiger partial charge in [-0.3, -0.25) is 9.59 Å². The van der Waals surface area contributed by atoms with Gasteiger partial charge >= 0.3 is 5.97 Å². The topological polar surface area (TPSA) is 66.4 Å². The van der Waals surface area contributed by atoms with Crippen LogP contribution in [0.4, 0.5) is 0 Å². The highest BCUT2D eigenvalue weighted by Gasteiger charge is 2.51. The Kier molecular flexibility index (Phi) is 3.33. The van der Waals surface area contributed by atoms with Crippen molar-refractivity contribution in [1.82, 2.24) is 5.32 Å². The molecule has 104 valence electrons. The smallest absolute Gasteiger partial charge is 0.307 e. The van der Waals surface area contributed by atoms with Crippen LogP contribution in [0.2, 0.25) is 0 Å². The van der Waals surface area contributed by atoms with Gasteiger partial charge in [0, 0.05) is 6.04 Å². The molecule has 0 aromatic rings. The molecule has 1 amide bonds. The van der Waals surface area contributed by atoms with Gasteiger partial charge in [-0.2, -0.15) is 0 Å². The molecule has 19 heavy (non-hydrogen) atoms. The van der Waals surface area contributed by atoms with Crippen LogP contribution in [0.15, 0.2) is 12.2 Å². The SMILES string of the molecule is O=C(NC1CCCCC1)[C@@H]1[C@@H](C(=O)O)[C@H]2C=C[C@@H]1C2. The fourth-order valence-corrected chi connectivity index (χ4v) is 4.06. The van der Waals surface area contributed by atoms with Gasteiger partial charge in [0.25, 0.3) is 0 Å². The van der Waals surface area contributed by atoms with Gasteiger partial charge in [-0.05, 0) is 31.1 Å². The molecular weight excluding hydrogens is 242 g/mol. The third kappa shape index (κ3) is 2.28. The molecule has 4 heteroatoms. The summed E-state index contributed by atoms with van der Waals surface area (Å²) in [5, 5.41) is 12.4. The molecule has 0 aromatic carbocycles. The fraction of sp³-hybridized carbons (Fsp3) is 0.733. The van der Waals surface area contributed by atoms with E-state index < -0.39 is 11.9 Å². The number of rotatable bonds is 3. The lowest BCUT2D eigenvalue weighted by molar-refractivity contribution is -0.148. The number of hydrogen-bond acceptors (Lipinski definition) is 2. The van der Waals surface area contributed by atoms with E-state index in [9.17, 15) is 14.7 Å². The number of carbonyl (C=O) groups excluding carboxylic acids is 1. The number of amides is 1. The van der Waals surface area contributed by atoms with Crippen LogP contribution in [-0.4, -0.2) is 23.0 Å². The van der Waals surface area contributed by atoms with Gasteiger partial charge in [-0.15, -0.1) is 0 Å². The monoisotopic (exact) mass is 263 g/mol. The van der Waals surface area contributed by atoms with Crippen LogP contribution in [0, 0.1) is 23.7 Å². The lowest BCUT2D eigenvalue weighted by Crippen LogP contribution is -2.45. The van der Waals surface area contributed by atoms with E-state index in [1.54, 1.807) is 0 Å². The summed E-state index contributed by atoms with van der Waals surface area (Å²) >= 11 is 0. The Balaban J connectivity index is 1.68. The van der Waals surface area contributed by atoms with Crippen LogP contribution in [0.5, 0.6) is 0 Å². The number of hydrogen-bond donors (Lipinski definition) is 2. The Hall–Kier alpha value is -1.32. The van der Waals surface area contributed by atoms with Crippen molar-refractivity contribution in [3.05, 3.63) is 12.2 Å². The fourth-order valence-electron chi connectivity index (χ4n) is 4.06.